The number of hydrogen-bond acceptors (Lipinski definition) is 4. The Kier molecular flexibility index (Phi) is 1.75. The van der Waals surface area contributed by atoms with Crippen LogP contribution in [-0.4, -0.2) is 29.6 Å². The summed E-state index contributed by atoms with van der Waals surface area (Å²) in [4.78, 5) is 4.15. The lowest BCUT2D eigenvalue weighted by atomic mass is 10.3. The molecule has 2 rings (SSSR count). The Morgan fingerprint density at radius 1 is 1.50 bits per heavy atom. The predicted octanol–water partition coefficient (Wildman–Crippen LogP) is 0.0987. The van der Waals surface area contributed by atoms with Crippen molar-refractivity contribution in [3.8, 4) is 0 Å². The van der Waals surface area contributed by atoms with E-state index in [0.717, 1.165) is 18.1 Å². The molecule has 12 heavy (non-hydrogen) atoms. The second kappa shape index (κ2) is 2.91. The van der Waals surface area contributed by atoms with E-state index in [1.807, 2.05) is 23.2 Å². The fraction of sp³-hybridized carbons (Fsp3) is 0.250. The van der Waals surface area contributed by atoms with Crippen LogP contribution in [0, 0.1) is 0 Å². The molecule has 2 heterocycles. The number of rotatable bonds is 1. The van der Waals surface area contributed by atoms with Gasteiger partial charge < -0.3 is 5.73 Å². The van der Waals surface area contributed by atoms with E-state index in [1.54, 1.807) is 6.20 Å². The van der Waals surface area contributed by atoms with E-state index < -0.39 is 0 Å². The third-order valence-electron chi connectivity index (χ3n) is 1.74. The van der Waals surface area contributed by atoms with Gasteiger partial charge >= 0.3 is 0 Å². The molecule has 62 valence electrons. The van der Waals surface area contributed by atoms with Crippen molar-refractivity contribution in [3.05, 3.63) is 24.4 Å². The number of aliphatic imine (C=N–C) groups is 1. The average molecular weight is 162 g/mol. The molecule has 0 aromatic heterocycles. The number of fused-ring (bicyclic) bond motifs is 1. The number of hydrazone groups is 1. The number of nitrogens with zero attached hydrogens (tertiary/aromatic N) is 3. The summed E-state index contributed by atoms with van der Waals surface area (Å²) in [5, 5.41) is 6.11. The normalized spacial score (nSPS) is 20.2. The number of amidine groups is 1. The maximum absolute atomic E-state index is 5.46. The highest BCUT2D eigenvalue weighted by Crippen LogP contribution is 2.07. The van der Waals surface area contributed by atoms with Crippen molar-refractivity contribution in [2.45, 2.75) is 0 Å². The Morgan fingerprint density at radius 2 is 2.42 bits per heavy atom. The zero-order valence-corrected chi connectivity index (χ0v) is 6.64. The molecule has 0 spiro atoms. The highest BCUT2D eigenvalue weighted by Gasteiger charge is 2.12. The van der Waals surface area contributed by atoms with Crippen molar-refractivity contribution in [2.24, 2.45) is 15.8 Å². The lowest BCUT2D eigenvalue weighted by Crippen LogP contribution is -2.32. The van der Waals surface area contributed by atoms with Crippen LogP contribution >= 0.6 is 0 Å². The van der Waals surface area contributed by atoms with Gasteiger partial charge in [0.2, 0.25) is 0 Å². The largest absolute Gasteiger partial charge is 0.325 e. The van der Waals surface area contributed by atoms with Crippen molar-refractivity contribution in [3.63, 3.8) is 0 Å². The van der Waals surface area contributed by atoms with Gasteiger partial charge in [0.1, 0.15) is 5.84 Å². The minimum Gasteiger partial charge on any atom is -0.325 e. The van der Waals surface area contributed by atoms with Crippen LogP contribution in [0.3, 0.4) is 0 Å². The van der Waals surface area contributed by atoms with E-state index in [2.05, 4.69) is 10.1 Å². The Balaban J connectivity index is 2.26. The molecule has 0 bridgehead atoms. The van der Waals surface area contributed by atoms with Crippen molar-refractivity contribution in [2.75, 3.05) is 13.1 Å². The van der Waals surface area contributed by atoms with Gasteiger partial charge in [-0.05, 0) is 18.2 Å². The predicted molar refractivity (Wildman–Crippen MR) is 48.9 cm³/mol. The van der Waals surface area contributed by atoms with Gasteiger partial charge in [-0.25, -0.2) is 10.0 Å². The summed E-state index contributed by atoms with van der Waals surface area (Å²) in [5.74, 6) is 0.884. The molecule has 4 heteroatoms. The molecule has 0 aliphatic carbocycles. The van der Waals surface area contributed by atoms with Crippen molar-refractivity contribution >= 4 is 11.5 Å². The molecule has 0 aromatic rings. The molecule has 2 aliphatic rings. The summed E-state index contributed by atoms with van der Waals surface area (Å²) in [6.07, 6.45) is 7.58. The molecule has 0 atom stereocenters. The second-order valence-electron chi connectivity index (χ2n) is 2.58. The molecular weight excluding hydrogens is 152 g/mol. The van der Waals surface area contributed by atoms with E-state index in [4.69, 9.17) is 5.73 Å². The molecule has 0 unspecified atom stereocenters. The van der Waals surface area contributed by atoms with E-state index in [-0.39, 0.29) is 0 Å². The molecule has 0 radical (unpaired) electrons. The molecule has 4 nitrogen and oxygen atoms in total. The maximum Gasteiger partial charge on any atom is 0.149 e. The van der Waals surface area contributed by atoms with Gasteiger partial charge in [0, 0.05) is 12.7 Å². The minimum atomic E-state index is 0.476. The van der Waals surface area contributed by atoms with Gasteiger partial charge in [0.25, 0.3) is 0 Å². The summed E-state index contributed by atoms with van der Waals surface area (Å²) >= 11 is 0. The lowest BCUT2D eigenvalue weighted by molar-refractivity contribution is 0.488. The van der Waals surface area contributed by atoms with Crippen LogP contribution in [0.4, 0.5) is 0 Å². The van der Waals surface area contributed by atoms with Crippen molar-refractivity contribution < 1.29 is 0 Å². The first-order chi connectivity index (χ1) is 5.90. The van der Waals surface area contributed by atoms with Crippen LogP contribution in [-0.2, 0) is 0 Å². The fourth-order valence-corrected chi connectivity index (χ4v) is 1.13. The fourth-order valence-electron chi connectivity index (χ4n) is 1.13. The Hall–Kier alpha value is -1.42. The van der Waals surface area contributed by atoms with Crippen LogP contribution in [0.2, 0.25) is 0 Å². The molecule has 2 aliphatic heterocycles. The topological polar surface area (TPSA) is 54.0 Å². The highest BCUT2D eigenvalue weighted by atomic mass is 15.5. The van der Waals surface area contributed by atoms with Gasteiger partial charge in [0.05, 0.1) is 12.3 Å². The third-order valence-corrected chi connectivity index (χ3v) is 1.74. The van der Waals surface area contributed by atoms with Gasteiger partial charge in [-0.1, -0.05) is 0 Å². The standard InChI is InChI=1S/C8H10N4/c9-6-7-2-3-8-10-4-1-5-12(8)11-7/h1-4H,5-6,9H2. The Labute approximate surface area is 70.8 Å². The van der Waals surface area contributed by atoms with Crippen LogP contribution in [0.5, 0.6) is 0 Å². The van der Waals surface area contributed by atoms with E-state index >= 15 is 0 Å². The Morgan fingerprint density at radius 3 is 3.25 bits per heavy atom. The molecule has 0 amide bonds. The summed E-state index contributed by atoms with van der Waals surface area (Å²) in [6.45, 7) is 1.26. The van der Waals surface area contributed by atoms with Crippen LogP contribution < -0.4 is 5.73 Å². The first-order valence-electron chi connectivity index (χ1n) is 3.86. The second-order valence-corrected chi connectivity index (χ2v) is 2.58. The van der Waals surface area contributed by atoms with Gasteiger partial charge in [-0.15, -0.1) is 0 Å². The number of hydrogen-bond donors (Lipinski definition) is 1. The van der Waals surface area contributed by atoms with E-state index in [1.165, 1.54) is 0 Å². The monoisotopic (exact) mass is 162 g/mol. The molecule has 2 N–H and O–H groups in total. The van der Waals surface area contributed by atoms with Crippen molar-refractivity contribution in [1.82, 2.24) is 5.01 Å². The minimum absolute atomic E-state index is 0.476. The quantitative estimate of drug-likeness (QED) is 0.594. The van der Waals surface area contributed by atoms with Gasteiger partial charge in [0.15, 0.2) is 0 Å². The van der Waals surface area contributed by atoms with E-state index in [9.17, 15) is 0 Å². The molecule has 0 saturated heterocycles. The first-order valence-corrected chi connectivity index (χ1v) is 3.86. The zero-order chi connectivity index (χ0) is 8.39. The van der Waals surface area contributed by atoms with Crippen LogP contribution in [0.1, 0.15) is 0 Å². The SMILES string of the molecule is NCC1=NN2CC=CN=C2C=C1. The van der Waals surface area contributed by atoms with Crippen molar-refractivity contribution in [1.29, 1.82) is 0 Å². The lowest BCUT2D eigenvalue weighted by Gasteiger charge is -2.22. The molecular formula is C8H10N4. The summed E-state index contributed by atoms with van der Waals surface area (Å²) in [5.41, 5.74) is 6.35. The van der Waals surface area contributed by atoms with Crippen LogP contribution in [0.25, 0.3) is 0 Å². The highest BCUT2D eigenvalue weighted by molar-refractivity contribution is 6.07. The number of nitrogens with two attached hydrogens (primary N) is 1. The average Bonchev–Trinajstić information content (AvgIpc) is 2.17. The maximum atomic E-state index is 5.46. The Bertz CT molecular complexity index is 298. The zero-order valence-electron chi connectivity index (χ0n) is 6.64. The smallest absolute Gasteiger partial charge is 0.149 e. The van der Waals surface area contributed by atoms with E-state index in [0.29, 0.717) is 6.54 Å². The summed E-state index contributed by atoms with van der Waals surface area (Å²) in [6, 6.07) is 0. The van der Waals surface area contributed by atoms with Gasteiger partial charge in [-0.3, -0.25) is 0 Å². The third kappa shape index (κ3) is 1.16. The summed E-state index contributed by atoms with van der Waals surface area (Å²) < 4.78 is 0. The molecule has 0 aromatic carbocycles. The molecule has 0 fully saturated rings. The van der Waals surface area contributed by atoms with Gasteiger partial charge in [-0.2, -0.15) is 5.10 Å². The van der Waals surface area contributed by atoms with Crippen LogP contribution in [0.15, 0.2) is 34.5 Å². The summed E-state index contributed by atoms with van der Waals surface area (Å²) in [7, 11) is 0. The first kappa shape index (κ1) is 7.24. The molecule has 0 saturated carbocycles.